The summed E-state index contributed by atoms with van der Waals surface area (Å²) in [6, 6.07) is 4.15. The molecular weight excluding hydrogens is 228 g/mol. The molecule has 0 saturated carbocycles. The number of aryl methyl sites for hydroxylation is 1. The summed E-state index contributed by atoms with van der Waals surface area (Å²) in [5, 5.41) is 4.69. The zero-order valence-electron chi connectivity index (χ0n) is 11.0. The molecule has 0 spiro atoms. The van der Waals surface area contributed by atoms with Gasteiger partial charge < -0.3 is 19.4 Å². The summed E-state index contributed by atoms with van der Waals surface area (Å²) in [6.07, 6.45) is 1.07. The van der Waals surface area contributed by atoms with E-state index in [4.69, 9.17) is 9.47 Å². The highest BCUT2D eigenvalue weighted by Crippen LogP contribution is 2.36. The molecule has 0 bridgehead atoms. The molecule has 1 aromatic heterocycles. The van der Waals surface area contributed by atoms with Gasteiger partial charge in [0.15, 0.2) is 11.5 Å². The van der Waals surface area contributed by atoms with Crippen LogP contribution < -0.4 is 14.8 Å². The van der Waals surface area contributed by atoms with Gasteiger partial charge in [-0.2, -0.15) is 0 Å². The van der Waals surface area contributed by atoms with E-state index in [0.717, 1.165) is 31.0 Å². The fourth-order valence-electron chi connectivity index (χ4n) is 2.83. The van der Waals surface area contributed by atoms with E-state index < -0.39 is 0 Å². The predicted molar refractivity (Wildman–Crippen MR) is 71.4 cm³/mol. The molecule has 0 aliphatic carbocycles. The molecule has 0 saturated heterocycles. The predicted octanol–water partition coefficient (Wildman–Crippen LogP) is 1.84. The van der Waals surface area contributed by atoms with Crippen LogP contribution in [0, 0.1) is 0 Å². The zero-order chi connectivity index (χ0) is 12.7. The van der Waals surface area contributed by atoms with E-state index in [9.17, 15) is 0 Å². The molecule has 1 aromatic carbocycles. The smallest absolute Gasteiger partial charge is 0.162 e. The lowest BCUT2D eigenvalue weighted by Gasteiger charge is -2.14. The molecule has 0 radical (unpaired) electrons. The third-order valence-electron chi connectivity index (χ3n) is 3.78. The molecule has 18 heavy (non-hydrogen) atoms. The second-order valence-corrected chi connectivity index (χ2v) is 4.64. The lowest BCUT2D eigenvalue weighted by molar-refractivity contribution is 0.355. The number of rotatable bonds is 2. The van der Waals surface area contributed by atoms with E-state index in [1.165, 1.54) is 22.2 Å². The average molecular weight is 246 g/mol. The second kappa shape index (κ2) is 4.21. The molecule has 4 nitrogen and oxygen atoms in total. The van der Waals surface area contributed by atoms with Gasteiger partial charge in [0.2, 0.25) is 0 Å². The first kappa shape index (κ1) is 11.4. The fourth-order valence-corrected chi connectivity index (χ4v) is 2.83. The SMILES string of the molecule is COc1cc2c3c(n(C)c2cc1OC)CCNC3. The van der Waals surface area contributed by atoms with Crippen molar-refractivity contribution in [3.05, 3.63) is 23.4 Å². The van der Waals surface area contributed by atoms with Gasteiger partial charge in [-0.25, -0.2) is 0 Å². The molecule has 1 N–H and O–H groups in total. The highest BCUT2D eigenvalue weighted by molar-refractivity contribution is 5.89. The summed E-state index contributed by atoms with van der Waals surface area (Å²) in [5.41, 5.74) is 4.01. The Balaban J connectivity index is 2.32. The van der Waals surface area contributed by atoms with Crippen molar-refractivity contribution < 1.29 is 9.47 Å². The van der Waals surface area contributed by atoms with Crippen molar-refractivity contribution in [2.24, 2.45) is 7.05 Å². The van der Waals surface area contributed by atoms with Crippen LogP contribution in [0.3, 0.4) is 0 Å². The quantitative estimate of drug-likeness (QED) is 0.878. The normalized spacial score (nSPS) is 14.6. The molecule has 3 rings (SSSR count). The first-order valence-electron chi connectivity index (χ1n) is 6.19. The molecule has 96 valence electrons. The Morgan fingerprint density at radius 2 is 1.89 bits per heavy atom. The lowest BCUT2D eigenvalue weighted by atomic mass is 10.1. The summed E-state index contributed by atoms with van der Waals surface area (Å²) in [6.45, 7) is 1.98. The minimum atomic E-state index is 0.788. The molecule has 0 atom stereocenters. The highest BCUT2D eigenvalue weighted by Gasteiger charge is 2.20. The van der Waals surface area contributed by atoms with Gasteiger partial charge in [0.05, 0.1) is 19.7 Å². The Kier molecular flexibility index (Phi) is 2.67. The van der Waals surface area contributed by atoms with Crippen molar-refractivity contribution in [3.63, 3.8) is 0 Å². The van der Waals surface area contributed by atoms with E-state index in [-0.39, 0.29) is 0 Å². The van der Waals surface area contributed by atoms with Gasteiger partial charge in [0, 0.05) is 43.7 Å². The lowest BCUT2D eigenvalue weighted by Crippen LogP contribution is -2.24. The van der Waals surface area contributed by atoms with Crippen LogP contribution in [0.15, 0.2) is 12.1 Å². The maximum absolute atomic E-state index is 5.39. The van der Waals surface area contributed by atoms with Gasteiger partial charge in [0.1, 0.15) is 0 Å². The third kappa shape index (κ3) is 1.49. The standard InChI is InChI=1S/C14H18N2O2/c1-16-11-4-5-15-8-10(11)9-6-13(17-2)14(18-3)7-12(9)16/h6-7,15H,4-5,8H2,1-3H3. The summed E-state index contributed by atoms with van der Waals surface area (Å²) < 4.78 is 13.0. The maximum atomic E-state index is 5.39. The van der Waals surface area contributed by atoms with Crippen LogP contribution in [0.1, 0.15) is 11.3 Å². The zero-order valence-corrected chi connectivity index (χ0v) is 11.0. The fraction of sp³-hybridized carbons (Fsp3) is 0.429. The summed E-state index contributed by atoms with van der Waals surface area (Å²) in [4.78, 5) is 0. The van der Waals surface area contributed by atoms with E-state index in [0.29, 0.717) is 0 Å². The van der Waals surface area contributed by atoms with Crippen molar-refractivity contribution in [2.75, 3.05) is 20.8 Å². The Morgan fingerprint density at radius 1 is 1.17 bits per heavy atom. The Morgan fingerprint density at radius 3 is 2.61 bits per heavy atom. The molecule has 1 aliphatic heterocycles. The van der Waals surface area contributed by atoms with Crippen molar-refractivity contribution in [1.82, 2.24) is 9.88 Å². The third-order valence-corrected chi connectivity index (χ3v) is 3.78. The van der Waals surface area contributed by atoms with Crippen LogP contribution in [0.25, 0.3) is 10.9 Å². The number of ether oxygens (including phenoxy) is 2. The summed E-state index contributed by atoms with van der Waals surface area (Å²) >= 11 is 0. The van der Waals surface area contributed by atoms with Gasteiger partial charge in [-0.3, -0.25) is 0 Å². The minimum absolute atomic E-state index is 0.788. The molecule has 0 fully saturated rings. The molecule has 1 aliphatic rings. The number of methoxy groups -OCH3 is 2. The van der Waals surface area contributed by atoms with Crippen molar-refractivity contribution in [2.45, 2.75) is 13.0 Å². The first-order valence-corrected chi connectivity index (χ1v) is 6.19. The van der Waals surface area contributed by atoms with Gasteiger partial charge in [-0.05, 0) is 11.6 Å². The van der Waals surface area contributed by atoms with E-state index in [1.807, 2.05) is 0 Å². The van der Waals surface area contributed by atoms with Crippen molar-refractivity contribution >= 4 is 10.9 Å². The van der Waals surface area contributed by atoms with Crippen LogP contribution in [0.5, 0.6) is 11.5 Å². The van der Waals surface area contributed by atoms with Gasteiger partial charge in [-0.1, -0.05) is 0 Å². The topological polar surface area (TPSA) is 35.4 Å². The number of hydrogen-bond acceptors (Lipinski definition) is 3. The monoisotopic (exact) mass is 246 g/mol. The van der Waals surface area contributed by atoms with Crippen LogP contribution in [0.4, 0.5) is 0 Å². The Bertz CT molecular complexity index is 602. The van der Waals surface area contributed by atoms with Crippen LogP contribution in [0.2, 0.25) is 0 Å². The molecule has 2 heterocycles. The van der Waals surface area contributed by atoms with Crippen LogP contribution in [-0.2, 0) is 20.0 Å². The number of hydrogen-bond donors (Lipinski definition) is 1. The second-order valence-electron chi connectivity index (χ2n) is 4.64. The largest absolute Gasteiger partial charge is 0.493 e. The number of aromatic nitrogens is 1. The molecule has 2 aromatic rings. The highest BCUT2D eigenvalue weighted by atomic mass is 16.5. The van der Waals surface area contributed by atoms with E-state index in [2.05, 4.69) is 29.1 Å². The Labute approximate surface area is 106 Å². The Hall–Kier alpha value is -1.68. The van der Waals surface area contributed by atoms with E-state index in [1.54, 1.807) is 14.2 Å². The van der Waals surface area contributed by atoms with Crippen molar-refractivity contribution in [1.29, 1.82) is 0 Å². The maximum Gasteiger partial charge on any atom is 0.162 e. The molecule has 0 unspecified atom stereocenters. The number of benzene rings is 1. The number of nitrogens with one attached hydrogen (secondary N) is 1. The summed E-state index contributed by atoms with van der Waals surface area (Å²) in [7, 11) is 5.48. The van der Waals surface area contributed by atoms with Crippen LogP contribution >= 0.6 is 0 Å². The van der Waals surface area contributed by atoms with Gasteiger partial charge in [0.25, 0.3) is 0 Å². The molecule has 0 amide bonds. The van der Waals surface area contributed by atoms with Gasteiger partial charge in [-0.15, -0.1) is 0 Å². The minimum Gasteiger partial charge on any atom is -0.493 e. The number of fused-ring (bicyclic) bond motifs is 3. The molecule has 4 heteroatoms. The number of nitrogens with zero attached hydrogens (tertiary/aromatic N) is 1. The first-order chi connectivity index (χ1) is 8.76. The molecular formula is C14H18N2O2. The van der Waals surface area contributed by atoms with Crippen LogP contribution in [-0.4, -0.2) is 25.3 Å². The van der Waals surface area contributed by atoms with Crippen molar-refractivity contribution in [3.8, 4) is 11.5 Å². The van der Waals surface area contributed by atoms with Gasteiger partial charge >= 0.3 is 0 Å². The summed E-state index contributed by atoms with van der Waals surface area (Å²) in [5.74, 6) is 1.58. The van der Waals surface area contributed by atoms with E-state index >= 15 is 0 Å². The average Bonchev–Trinajstić information content (AvgIpc) is 2.71.